The monoisotopic (exact) mass is 195 g/mol. The number of halogens is 1. The molecule has 0 aliphatic carbocycles. The lowest BCUT2D eigenvalue weighted by molar-refractivity contribution is 0.184. The number of ether oxygens (including phenoxy) is 1. The van der Waals surface area contributed by atoms with Crippen LogP contribution < -0.4 is 0 Å². The molecule has 0 fully saturated rings. The van der Waals surface area contributed by atoms with E-state index in [1.807, 2.05) is 0 Å². The van der Waals surface area contributed by atoms with Gasteiger partial charge in [-0.15, -0.1) is 0 Å². The first-order valence-corrected chi connectivity index (χ1v) is 4.08. The summed E-state index contributed by atoms with van der Waals surface area (Å²) in [5.41, 5.74) is 1.48. The van der Waals surface area contributed by atoms with Crippen molar-refractivity contribution in [2.75, 3.05) is 7.11 Å². The van der Waals surface area contributed by atoms with Crippen molar-refractivity contribution in [1.29, 1.82) is 0 Å². The average molecular weight is 195 g/mol. The third-order valence-electron chi connectivity index (χ3n) is 1.78. The van der Waals surface area contributed by atoms with E-state index in [9.17, 15) is 9.18 Å². The zero-order chi connectivity index (χ0) is 10.4. The van der Waals surface area contributed by atoms with Gasteiger partial charge >= 0.3 is 0 Å². The van der Waals surface area contributed by atoms with Gasteiger partial charge in [0.05, 0.1) is 13.2 Å². The maximum absolute atomic E-state index is 12.8. The molecule has 0 radical (unpaired) electrons. The standard InChI is InChI=1S/C10H10FNO2/c1-14-6-9-4-10(11)3-2-8(9)5-12-7-13/h2-4H,5-6H2,1H3. The van der Waals surface area contributed by atoms with E-state index in [0.29, 0.717) is 12.2 Å². The number of carbonyl (C=O) groups excluding carboxylic acids is 1. The Morgan fingerprint density at radius 1 is 1.50 bits per heavy atom. The predicted octanol–water partition coefficient (Wildman–Crippen LogP) is 1.81. The van der Waals surface area contributed by atoms with Gasteiger partial charge in [-0.1, -0.05) is 6.07 Å². The van der Waals surface area contributed by atoms with Crippen LogP contribution in [0.15, 0.2) is 23.2 Å². The van der Waals surface area contributed by atoms with E-state index in [4.69, 9.17) is 4.74 Å². The number of benzene rings is 1. The fourth-order valence-corrected chi connectivity index (χ4v) is 1.16. The van der Waals surface area contributed by atoms with Gasteiger partial charge in [0, 0.05) is 7.11 Å². The second kappa shape index (κ2) is 5.27. The van der Waals surface area contributed by atoms with Crippen LogP contribution in [0.3, 0.4) is 0 Å². The van der Waals surface area contributed by atoms with E-state index >= 15 is 0 Å². The highest BCUT2D eigenvalue weighted by atomic mass is 19.1. The molecule has 0 bridgehead atoms. The SMILES string of the molecule is COCc1cc(F)ccc1CN=C=O. The molecule has 1 rings (SSSR count). The molecule has 1 aromatic carbocycles. The van der Waals surface area contributed by atoms with Crippen LogP contribution in [0.2, 0.25) is 0 Å². The van der Waals surface area contributed by atoms with Crippen molar-refractivity contribution in [2.45, 2.75) is 13.2 Å². The van der Waals surface area contributed by atoms with Crippen molar-refractivity contribution in [3.63, 3.8) is 0 Å². The second-order valence-corrected chi connectivity index (χ2v) is 2.75. The number of aliphatic imine (C=N–C) groups is 1. The van der Waals surface area contributed by atoms with Crippen molar-refractivity contribution < 1.29 is 13.9 Å². The summed E-state index contributed by atoms with van der Waals surface area (Å²) in [6.45, 7) is 0.518. The molecule has 0 aromatic heterocycles. The van der Waals surface area contributed by atoms with Crippen LogP contribution in [0.25, 0.3) is 0 Å². The Balaban J connectivity index is 2.94. The third kappa shape index (κ3) is 2.76. The molecule has 0 saturated carbocycles. The Morgan fingerprint density at radius 3 is 2.93 bits per heavy atom. The van der Waals surface area contributed by atoms with Crippen molar-refractivity contribution in [1.82, 2.24) is 0 Å². The van der Waals surface area contributed by atoms with Crippen molar-refractivity contribution >= 4 is 6.08 Å². The summed E-state index contributed by atoms with van der Waals surface area (Å²) in [7, 11) is 1.53. The first kappa shape index (κ1) is 10.6. The van der Waals surface area contributed by atoms with E-state index in [-0.39, 0.29) is 12.4 Å². The van der Waals surface area contributed by atoms with Crippen LogP contribution >= 0.6 is 0 Å². The lowest BCUT2D eigenvalue weighted by Gasteiger charge is -2.05. The molecular formula is C10H10FNO2. The molecule has 0 unspecified atom stereocenters. The van der Waals surface area contributed by atoms with Gasteiger partial charge in [-0.05, 0) is 23.3 Å². The molecular weight excluding hydrogens is 185 g/mol. The highest BCUT2D eigenvalue weighted by Crippen LogP contribution is 2.13. The van der Waals surface area contributed by atoms with E-state index in [2.05, 4.69) is 4.99 Å². The first-order valence-electron chi connectivity index (χ1n) is 4.08. The fraction of sp³-hybridized carbons (Fsp3) is 0.300. The number of hydrogen-bond acceptors (Lipinski definition) is 3. The molecule has 0 aliphatic rings. The maximum Gasteiger partial charge on any atom is 0.235 e. The van der Waals surface area contributed by atoms with E-state index in [1.54, 1.807) is 6.07 Å². The number of isocyanates is 1. The molecule has 0 aliphatic heterocycles. The van der Waals surface area contributed by atoms with Gasteiger partial charge in [0.1, 0.15) is 5.82 Å². The molecule has 3 nitrogen and oxygen atoms in total. The van der Waals surface area contributed by atoms with Crippen LogP contribution in [0.1, 0.15) is 11.1 Å². The van der Waals surface area contributed by atoms with E-state index in [1.165, 1.54) is 25.3 Å². The molecule has 0 N–H and O–H groups in total. The minimum Gasteiger partial charge on any atom is -0.380 e. The molecule has 0 spiro atoms. The predicted molar refractivity (Wildman–Crippen MR) is 48.9 cm³/mol. The van der Waals surface area contributed by atoms with Gasteiger partial charge in [0.2, 0.25) is 6.08 Å². The second-order valence-electron chi connectivity index (χ2n) is 2.75. The molecule has 1 aromatic rings. The van der Waals surface area contributed by atoms with E-state index in [0.717, 1.165) is 5.56 Å². The lowest BCUT2D eigenvalue weighted by Crippen LogP contribution is -1.96. The van der Waals surface area contributed by atoms with Crippen LogP contribution in [0.4, 0.5) is 4.39 Å². The molecule has 0 atom stereocenters. The molecule has 0 amide bonds. The molecule has 14 heavy (non-hydrogen) atoms. The van der Waals surface area contributed by atoms with Crippen LogP contribution in [0.5, 0.6) is 0 Å². The quantitative estimate of drug-likeness (QED) is 0.542. The topological polar surface area (TPSA) is 38.7 Å². The normalized spacial score (nSPS) is 9.57. The Morgan fingerprint density at radius 2 is 2.29 bits per heavy atom. The zero-order valence-corrected chi connectivity index (χ0v) is 7.79. The van der Waals surface area contributed by atoms with E-state index < -0.39 is 0 Å². The Labute approximate surface area is 81.2 Å². The van der Waals surface area contributed by atoms with Gasteiger partial charge in [-0.2, -0.15) is 0 Å². The Hall–Kier alpha value is -1.51. The lowest BCUT2D eigenvalue weighted by atomic mass is 10.1. The largest absolute Gasteiger partial charge is 0.380 e. The summed E-state index contributed by atoms with van der Waals surface area (Å²) in [4.78, 5) is 13.3. The summed E-state index contributed by atoms with van der Waals surface area (Å²) in [6.07, 6.45) is 1.44. The van der Waals surface area contributed by atoms with Gasteiger partial charge in [0.25, 0.3) is 0 Å². The summed E-state index contributed by atoms with van der Waals surface area (Å²) in [5.74, 6) is -0.323. The zero-order valence-electron chi connectivity index (χ0n) is 7.79. The minimum atomic E-state index is -0.323. The fourth-order valence-electron chi connectivity index (χ4n) is 1.16. The van der Waals surface area contributed by atoms with Crippen LogP contribution in [-0.4, -0.2) is 13.2 Å². The van der Waals surface area contributed by atoms with Gasteiger partial charge < -0.3 is 4.74 Å². The van der Waals surface area contributed by atoms with Gasteiger partial charge in [-0.3, -0.25) is 0 Å². The first-order chi connectivity index (χ1) is 6.77. The average Bonchev–Trinajstić information content (AvgIpc) is 2.17. The third-order valence-corrected chi connectivity index (χ3v) is 1.78. The smallest absolute Gasteiger partial charge is 0.235 e. The highest BCUT2D eigenvalue weighted by molar-refractivity contribution is 5.35. The molecule has 0 saturated heterocycles. The summed E-state index contributed by atoms with van der Waals surface area (Å²) >= 11 is 0. The van der Waals surface area contributed by atoms with Crippen molar-refractivity contribution in [2.24, 2.45) is 4.99 Å². The Kier molecular flexibility index (Phi) is 3.98. The maximum atomic E-state index is 12.8. The van der Waals surface area contributed by atoms with Gasteiger partial charge in [0.15, 0.2) is 0 Å². The van der Waals surface area contributed by atoms with Crippen molar-refractivity contribution in [3.8, 4) is 0 Å². The van der Waals surface area contributed by atoms with Crippen LogP contribution in [-0.2, 0) is 22.7 Å². The minimum absolute atomic E-state index is 0.211. The summed E-state index contributed by atoms with van der Waals surface area (Å²) < 4.78 is 17.7. The van der Waals surface area contributed by atoms with Crippen LogP contribution in [0, 0.1) is 5.82 Å². The van der Waals surface area contributed by atoms with Gasteiger partial charge in [-0.25, -0.2) is 14.2 Å². The number of hydrogen-bond donors (Lipinski definition) is 0. The van der Waals surface area contributed by atoms with Crippen molar-refractivity contribution in [3.05, 3.63) is 35.1 Å². The highest BCUT2D eigenvalue weighted by Gasteiger charge is 2.03. The molecule has 4 heteroatoms. The summed E-state index contributed by atoms with van der Waals surface area (Å²) in [5, 5.41) is 0. The molecule has 74 valence electrons. The molecule has 0 heterocycles. The number of nitrogens with zero attached hydrogens (tertiary/aromatic N) is 1. The number of rotatable bonds is 4. The summed E-state index contributed by atoms with van der Waals surface area (Å²) in [6, 6.07) is 4.29. The Bertz CT molecular complexity index is 359. The number of methoxy groups -OCH3 is 1.